The molecule has 3 unspecified atom stereocenters. The lowest BCUT2D eigenvalue weighted by Gasteiger charge is -2.22. The summed E-state index contributed by atoms with van der Waals surface area (Å²) in [7, 11) is 0. The highest BCUT2D eigenvalue weighted by Crippen LogP contribution is 2.30. The molecule has 1 amide bonds. The molecule has 2 aliphatic rings. The van der Waals surface area contributed by atoms with Crippen LogP contribution in [-0.2, 0) is 9.53 Å². The number of amides is 1. The molecule has 2 N–H and O–H groups in total. The average Bonchev–Trinajstić information content (AvgIpc) is 3.10. The van der Waals surface area contributed by atoms with Crippen LogP contribution < -0.4 is 10.6 Å². The zero-order chi connectivity index (χ0) is 13.9. The normalized spacial score (nSPS) is 29.6. The third-order valence-corrected chi connectivity index (χ3v) is 4.25. The van der Waals surface area contributed by atoms with Crippen molar-refractivity contribution in [3.05, 3.63) is 34.9 Å². The summed E-state index contributed by atoms with van der Waals surface area (Å²) in [6.07, 6.45) is 2.77. The number of nitrogens with one attached hydrogen (secondary N) is 2. The van der Waals surface area contributed by atoms with Gasteiger partial charge in [-0.3, -0.25) is 4.79 Å². The van der Waals surface area contributed by atoms with Gasteiger partial charge in [-0.15, -0.1) is 0 Å². The van der Waals surface area contributed by atoms with Gasteiger partial charge in [0.15, 0.2) is 0 Å². The molecule has 3 atom stereocenters. The summed E-state index contributed by atoms with van der Waals surface area (Å²) in [6.45, 7) is 1.61. The number of halogens is 1. The fourth-order valence-electron chi connectivity index (χ4n) is 2.91. The van der Waals surface area contributed by atoms with Crippen molar-refractivity contribution in [2.75, 3.05) is 13.2 Å². The Balaban J connectivity index is 1.66. The summed E-state index contributed by atoms with van der Waals surface area (Å²) in [5.41, 5.74) is 1.07. The summed E-state index contributed by atoms with van der Waals surface area (Å²) in [5, 5.41) is 7.06. The highest BCUT2D eigenvalue weighted by atomic mass is 35.5. The van der Waals surface area contributed by atoms with Crippen molar-refractivity contribution in [1.29, 1.82) is 0 Å². The summed E-state index contributed by atoms with van der Waals surface area (Å²) in [6, 6.07) is 7.65. The van der Waals surface area contributed by atoms with Gasteiger partial charge in [0.05, 0.1) is 12.1 Å². The zero-order valence-electron chi connectivity index (χ0n) is 11.3. The Morgan fingerprint density at radius 1 is 1.30 bits per heavy atom. The Morgan fingerprint density at radius 2 is 2.10 bits per heavy atom. The minimum atomic E-state index is -0.0716. The molecule has 0 spiro atoms. The predicted molar refractivity (Wildman–Crippen MR) is 77.7 cm³/mol. The maximum atomic E-state index is 12.2. The Morgan fingerprint density at radius 3 is 2.80 bits per heavy atom. The van der Waals surface area contributed by atoms with Gasteiger partial charge < -0.3 is 15.4 Å². The standard InChI is InChI=1S/C15H19ClN2O2/c16-11-5-3-10(4-6-11)14-12(7-9-20-14)18-15(19)13-2-1-8-17-13/h3-6,12-14,17H,1-2,7-9H2,(H,18,19). The number of carbonyl (C=O) groups excluding carboxylic acids is 1. The van der Waals surface area contributed by atoms with Gasteiger partial charge >= 0.3 is 0 Å². The molecule has 108 valence electrons. The van der Waals surface area contributed by atoms with Crippen LogP contribution in [0.25, 0.3) is 0 Å². The van der Waals surface area contributed by atoms with Gasteiger partial charge in [-0.1, -0.05) is 23.7 Å². The lowest BCUT2D eigenvalue weighted by Crippen LogP contribution is -2.46. The van der Waals surface area contributed by atoms with E-state index in [1.807, 2.05) is 24.3 Å². The molecule has 2 heterocycles. The second-order valence-electron chi connectivity index (χ2n) is 5.40. The molecule has 20 heavy (non-hydrogen) atoms. The third kappa shape index (κ3) is 2.97. The highest BCUT2D eigenvalue weighted by molar-refractivity contribution is 6.30. The van der Waals surface area contributed by atoms with Gasteiger partial charge in [-0.25, -0.2) is 0 Å². The van der Waals surface area contributed by atoms with Crippen LogP contribution in [0.15, 0.2) is 24.3 Å². The monoisotopic (exact) mass is 294 g/mol. The summed E-state index contributed by atoms with van der Waals surface area (Å²) in [4.78, 5) is 12.2. The topological polar surface area (TPSA) is 50.4 Å². The van der Waals surface area contributed by atoms with Crippen LogP contribution in [0.3, 0.4) is 0 Å². The number of hydrogen-bond donors (Lipinski definition) is 2. The molecule has 2 fully saturated rings. The van der Waals surface area contributed by atoms with E-state index >= 15 is 0 Å². The molecule has 4 nitrogen and oxygen atoms in total. The predicted octanol–water partition coefficient (Wildman–Crippen LogP) is 2.04. The van der Waals surface area contributed by atoms with E-state index < -0.39 is 0 Å². The number of rotatable bonds is 3. The maximum absolute atomic E-state index is 12.2. The molecular formula is C15H19ClN2O2. The first-order valence-electron chi connectivity index (χ1n) is 7.15. The second kappa shape index (κ2) is 6.12. The first kappa shape index (κ1) is 13.9. The van der Waals surface area contributed by atoms with Gasteiger partial charge in [-0.2, -0.15) is 0 Å². The van der Waals surface area contributed by atoms with Gasteiger partial charge in [0.2, 0.25) is 5.91 Å². The van der Waals surface area contributed by atoms with Crippen LogP contribution in [0.1, 0.15) is 30.9 Å². The fraction of sp³-hybridized carbons (Fsp3) is 0.533. The van der Waals surface area contributed by atoms with Crippen molar-refractivity contribution in [2.45, 2.75) is 37.5 Å². The number of benzene rings is 1. The Bertz CT molecular complexity index is 471. The summed E-state index contributed by atoms with van der Waals surface area (Å²) in [5.74, 6) is 0.0944. The van der Waals surface area contributed by atoms with Gasteiger partial charge in [0.1, 0.15) is 6.10 Å². The zero-order valence-corrected chi connectivity index (χ0v) is 12.0. The molecule has 0 aliphatic carbocycles. The van der Waals surface area contributed by atoms with Crippen LogP contribution >= 0.6 is 11.6 Å². The van der Waals surface area contributed by atoms with E-state index in [1.54, 1.807) is 0 Å². The van der Waals surface area contributed by atoms with Crippen molar-refractivity contribution in [1.82, 2.24) is 10.6 Å². The van der Waals surface area contributed by atoms with Crippen molar-refractivity contribution in [3.8, 4) is 0 Å². The molecule has 0 saturated carbocycles. The first-order valence-corrected chi connectivity index (χ1v) is 7.52. The van der Waals surface area contributed by atoms with Gasteiger partial charge in [0.25, 0.3) is 0 Å². The van der Waals surface area contributed by atoms with Crippen LogP contribution in [0.2, 0.25) is 5.02 Å². The molecule has 1 aromatic rings. The molecule has 3 rings (SSSR count). The molecular weight excluding hydrogens is 276 g/mol. The summed E-state index contributed by atoms with van der Waals surface area (Å²) >= 11 is 5.91. The fourth-order valence-corrected chi connectivity index (χ4v) is 3.04. The quantitative estimate of drug-likeness (QED) is 0.897. The minimum absolute atomic E-state index is 0.0403. The number of ether oxygens (including phenoxy) is 1. The molecule has 0 aromatic heterocycles. The van der Waals surface area contributed by atoms with Crippen molar-refractivity contribution < 1.29 is 9.53 Å². The number of carbonyl (C=O) groups is 1. The number of hydrogen-bond acceptors (Lipinski definition) is 3. The van der Waals surface area contributed by atoms with E-state index in [-0.39, 0.29) is 24.1 Å². The third-order valence-electron chi connectivity index (χ3n) is 3.99. The van der Waals surface area contributed by atoms with Crippen LogP contribution in [0.4, 0.5) is 0 Å². The lowest BCUT2D eigenvalue weighted by atomic mass is 10.0. The van der Waals surface area contributed by atoms with E-state index in [4.69, 9.17) is 16.3 Å². The minimum Gasteiger partial charge on any atom is -0.371 e. The van der Waals surface area contributed by atoms with Crippen LogP contribution in [0.5, 0.6) is 0 Å². The van der Waals surface area contributed by atoms with Crippen molar-refractivity contribution in [2.24, 2.45) is 0 Å². The van der Waals surface area contributed by atoms with Crippen molar-refractivity contribution >= 4 is 17.5 Å². The highest BCUT2D eigenvalue weighted by Gasteiger charge is 2.33. The maximum Gasteiger partial charge on any atom is 0.237 e. The first-order chi connectivity index (χ1) is 9.74. The van der Waals surface area contributed by atoms with E-state index in [2.05, 4.69) is 10.6 Å². The average molecular weight is 295 g/mol. The molecule has 0 radical (unpaired) electrons. The molecule has 0 bridgehead atoms. The lowest BCUT2D eigenvalue weighted by molar-refractivity contribution is -0.123. The van der Waals surface area contributed by atoms with Gasteiger partial charge in [-0.05, 0) is 43.5 Å². The molecule has 5 heteroatoms. The Kier molecular flexibility index (Phi) is 4.24. The Hall–Kier alpha value is -1.10. The van der Waals surface area contributed by atoms with E-state index in [0.717, 1.165) is 31.4 Å². The molecule has 2 aliphatic heterocycles. The van der Waals surface area contributed by atoms with E-state index in [0.29, 0.717) is 11.6 Å². The van der Waals surface area contributed by atoms with Gasteiger partial charge in [0, 0.05) is 11.6 Å². The Labute approximate surface area is 123 Å². The SMILES string of the molecule is O=C(NC1CCOC1c1ccc(Cl)cc1)C1CCCN1. The molecule has 2 saturated heterocycles. The van der Waals surface area contributed by atoms with Crippen LogP contribution in [-0.4, -0.2) is 31.1 Å². The molecule has 1 aromatic carbocycles. The van der Waals surface area contributed by atoms with E-state index in [9.17, 15) is 4.79 Å². The smallest absolute Gasteiger partial charge is 0.237 e. The summed E-state index contributed by atoms with van der Waals surface area (Å²) < 4.78 is 5.78. The second-order valence-corrected chi connectivity index (χ2v) is 5.83. The van der Waals surface area contributed by atoms with E-state index in [1.165, 1.54) is 0 Å². The van der Waals surface area contributed by atoms with Crippen LogP contribution in [0, 0.1) is 0 Å². The largest absolute Gasteiger partial charge is 0.371 e. The van der Waals surface area contributed by atoms with Crippen molar-refractivity contribution in [3.63, 3.8) is 0 Å².